The van der Waals surface area contributed by atoms with Gasteiger partial charge in [-0.3, -0.25) is 9.59 Å². The number of carboxylic acids is 1. The van der Waals surface area contributed by atoms with E-state index in [1.807, 2.05) is 0 Å². The molecule has 4 unspecified atom stereocenters. The van der Waals surface area contributed by atoms with Gasteiger partial charge in [0.15, 0.2) is 0 Å². The zero-order valence-corrected chi connectivity index (χ0v) is 17.6. The summed E-state index contributed by atoms with van der Waals surface area (Å²) in [5, 5.41) is 29.1. The molecule has 3 N–H and O–H groups in total. The van der Waals surface area contributed by atoms with Crippen molar-refractivity contribution >= 4 is 11.9 Å². The minimum absolute atomic E-state index is 0.00552. The van der Waals surface area contributed by atoms with E-state index in [1.165, 1.54) is 46.0 Å². The van der Waals surface area contributed by atoms with Crippen molar-refractivity contribution in [1.82, 2.24) is 0 Å². The molecule has 1 fully saturated rings. The number of aliphatic carboxylic acids is 1. The van der Waals surface area contributed by atoms with Gasteiger partial charge in [0.1, 0.15) is 6.10 Å². The maximum Gasteiger partial charge on any atom is 0.306 e. The van der Waals surface area contributed by atoms with Gasteiger partial charge in [-0.1, -0.05) is 52.5 Å². The van der Waals surface area contributed by atoms with Crippen molar-refractivity contribution in [3.63, 3.8) is 0 Å². The maximum atomic E-state index is 11.6. The predicted molar refractivity (Wildman–Crippen MR) is 108 cm³/mol. The van der Waals surface area contributed by atoms with E-state index in [2.05, 4.69) is 13.5 Å². The van der Waals surface area contributed by atoms with Crippen molar-refractivity contribution in [2.45, 2.75) is 96.9 Å². The Kier molecular flexibility index (Phi) is 10.8. The molecule has 0 heterocycles. The zero-order valence-electron chi connectivity index (χ0n) is 17.6. The fourth-order valence-electron chi connectivity index (χ4n) is 4.14. The van der Waals surface area contributed by atoms with Crippen LogP contribution in [0.3, 0.4) is 0 Å². The van der Waals surface area contributed by atoms with Crippen molar-refractivity contribution in [2.75, 3.05) is 0 Å². The van der Waals surface area contributed by atoms with Crippen molar-refractivity contribution in [2.24, 2.45) is 17.8 Å². The molecule has 0 amide bonds. The first-order valence-electron chi connectivity index (χ1n) is 10.6. The van der Waals surface area contributed by atoms with Crippen LogP contribution in [0.5, 0.6) is 0 Å². The van der Waals surface area contributed by atoms with Crippen molar-refractivity contribution in [3.05, 3.63) is 12.2 Å². The lowest BCUT2D eigenvalue weighted by Crippen LogP contribution is -2.31. The summed E-state index contributed by atoms with van der Waals surface area (Å²) in [6.07, 6.45) is 5.35. The van der Waals surface area contributed by atoms with Gasteiger partial charge in [-0.25, -0.2) is 0 Å². The molecule has 1 saturated carbocycles. The lowest BCUT2D eigenvalue weighted by Gasteiger charge is -2.31. The lowest BCUT2D eigenvalue weighted by molar-refractivity contribution is -0.147. The first kappa shape index (κ1) is 24.6. The molecule has 0 radical (unpaired) electrons. The summed E-state index contributed by atoms with van der Waals surface area (Å²) in [7, 11) is 0. The Morgan fingerprint density at radius 2 is 1.71 bits per heavy atom. The summed E-state index contributed by atoms with van der Waals surface area (Å²) < 4.78 is 5.54. The van der Waals surface area contributed by atoms with E-state index in [4.69, 9.17) is 9.84 Å². The Morgan fingerprint density at radius 3 is 2.25 bits per heavy atom. The second kappa shape index (κ2) is 12.2. The van der Waals surface area contributed by atoms with Gasteiger partial charge >= 0.3 is 11.9 Å². The van der Waals surface area contributed by atoms with Gasteiger partial charge in [0, 0.05) is 6.92 Å². The molecule has 162 valence electrons. The molecule has 0 aromatic carbocycles. The summed E-state index contributed by atoms with van der Waals surface area (Å²) in [4.78, 5) is 22.5. The average Bonchev–Trinajstić information content (AvgIpc) is 2.64. The number of esters is 1. The standard InChI is InChI=1S/C22H38O6/c1-14(10-11-19(24)20(25)13-16(3)22(26)27)21(28-17(4)23)15(2)12-18-8-6-5-7-9-18/h15-16,18-21,24-25H,1,5-13H2,2-4H3,(H,26,27)/t15?,16?,19?,20-,21?/m1/s1. The summed E-state index contributed by atoms with van der Waals surface area (Å²) in [6, 6.07) is 0. The zero-order chi connectivity index (χ0) is 21.3. The van der Waals surface area contributed by atoms with E-state index >= 15 is 0 Å². The normalized spacial score (nSPS) is 20.6. The number of carboxylic acid groups (broad SMARTS) is 1. The van der Waals surface area contributed by atoms with Gasteiger partial charge in [0.25, 0.3) is 0 Å². The van der Waals surface area contributed by atoms with Crippen molar-refractivity contribution in [3.8, 4) is 0 Å². The Morgan fingerprint density at radius 1 is 1.11 bits per heavy atom. The van der Waals surface area contributed by atoms with E-state index in [9.17, 15) is 19.8 Å². The summed E-state index contributed by atoms with van der Waals surface area (Å²) in [5.74, 6) is -1.27. The first-order valence-corrected chi connectivity index (χ1v) is 10.6. The van der Waals surface area contributed by atoms with Crippen molar-refractivity contribution in [1.29, 1.82) is 0 Å². The van der Waals surface area contributed by atoms with Crippen LogP contribution in [0.4, 0.5) is 0 Å². The minimum Gasteiger partial charge on any atom is -0.481 e. The summed E-state index contributed by atoms with van der Waals surface area (Å²) >= 11 is 0. The van der Waals surface area contributed by atoms with Crippen LogP contribution in [0, 0.1) is 17.8 Å². The molecular weight excluding hydrogens is 360 g/mol. The highest BCUT2D eigenvalue weighted by Crippen LogP contribution is 2.33. The third-order valence-corrected chi connectivity index (χ3v) is 5.86. The molecule has 0 aromatic heterocycles. The molecule has 6 nitrogen and oxygen atoms in total. The van der Waals surface area contributed by atoms with E-state index in [-0.39, 0.29) is 24.7 Å². The van der Waals surface area contributed by atoms with Gasteiger partial charge in [0.05, 0.1) is 18.1 Å². The molecule has 5 atom stereocenters. The largest absolute Gasteiger partial charge is 0.481 e. The van der Waals surface area contributed by atoms with Gasteiger partial charge < -0.3 is 20.1 Å². The molecular formula is C22H38O6. The highest BCUT2D eigenvalue weighted by Gasteiger charge is 2.28. The summed E-state index contributed by atoms with van der Waals surface area (Å²) in [6.45, 7) is 9.04. The van der Waals surface area contributed by atoms with Crippen LogP contribution in [0.25, 0.3) is 0 Å². The molecule has 1 aliphatic rings. The molecule has 0 bridgehead atoms. The molecule has 0 aromatic rings. The van der Waals surface area contributed by atoms with Crippen LogP contribution >= 0.6 is 0 Å². The number of ether oxygens (including phenoxy) is 1. The number of hydrogen-bond donors (Lipinski definition) is 3. The number of carbonyl (C=O) groups is 2. The number of aliphatic hydroxyl groups is 2. The first-order chi connectivity index (χ1) is 13.1. The Balaban J connectivity index is 2.58. The van der Waals surface area contributed by atoms with Crippen LogP contribution in [0.1, 0.15) is 78.6 Å². The van der Waals surface area contributed by atoms with Gasteiger partial charge in [-0.2, -0.15) is 0 Å². The molecule has 0 spiro atoms. The quantitative estimate of drug-likeness (QED) is 0.342. The number of carbonyl (C=O) groups excluding carboxylic acids is 1. The van der Waals surface area contributed by atoms with E-state index in [0.717, 1.165) is 12.0 Å². The Bertz CT molecular complexity index is 511. The molecule has 0 aliphatic heterocycles. The minimum atomic E-state index is -1.11. The van der Waals surface area contributed by atoms with E-state index < -0.39 is 30.2 Å². The summed E-state index contributed by atoms with van der Waals surface area (Å²) in [5.41, 5.74) is 0.732. The van der Waals surface area contributed by atoms with E-state index in [0.29, 0.717) is 12.3 Å². The highest BCUT2D eigenvalue weighted by atomic mass is 16.5. The van der Waals surface area contributed by atoms with Gasteiger partial charge in [-0.15, -0.1) is 0 Å². The molecule has 28 heavy (non-hydrogen) atoms. The maximum absolute atomic E-state index is 11.6. The fourth-order valence-corrected chi connectivity index (χ4v) is 4.14. The molecule has 6 heteroatoms. The smallest absolute Gasteiger partial charge is 0.306 e. The average molecular weight is 399 g/mol. The Labute approximate surface area is 169 Å². The molecule has 0 saturated heterocycles. The highest BCUT2D eigenvalue weighted by molar-refractivity contribution is 5.69. The Hall–Kier alpha value is -1.40. The molecule has 1 aliphatic carbocycles. The van der Waals surface area contributed by atoms with Crippen LogP contribution in [0.2, 0.25) is 0 Å². The monoisotopic (exact) mass is 398 g/mol. The number of aliphatic hydroxyl groups excluding tert-OH is 2. The van der Waals surface area contributed by atoms with E-state index in [1.54, 1.807) is 0 Å². The van der Waals surface area contributed by atoms with Crippen LogP contribution < -0.4 is 0 Å². The van der Waals surface area contributed by atoms with Gasteiger partial charge in [0.2, 0.25) is 0 Å². The van der Waals surface area contributed by atoms with Crippen LogP contribution in [-0.4, -0.2) is 45.6 Å². The number of rotatable bonds is 12. The third kappa shape index (κ3) is 8.74. The number of hydrogen-bond acceptors (Lipinski definition) is 5. The lowest BCUT2D eigenvalue weighted by atomic mass is 9.80. The van der Waals surface area contributed by atoms with Crippen molar-refractivity contribution < 1.29 is 29.6 Å². The second-order valence-corrected chi connectivity index (χ2v) is 8.55. The molecule has 1 rings (SSSR count). The third-order valence-electron chi connectivity index (χ3n) is 5.86. The topological polar surface area (TPSA) is 104 Å². The van der Waals surface area contributed by atoms with Gasteiger partial charge in [-0.05, 0) is 43.1 Å². The van der Waals surface area contributed by atoms with Crippen LogP contribution in [0.15, 0.2) is 12.2 Å². The van der Waals surface area contributed by atoms with Crippen LogP contribution in [-0.2, 0) is 14.3 Å². The predicted octanol–water partition coefficient (Wildman–Crippen LogP) is 3.69. The second-order valence-electron chi connectivity index (χ2n) is 8.55. The SMILES string of the molecule is C=C(CCC(O)[C@H](O)CC(C)C(=O)O)C(OC(C)=O)C(C)CC1CCCCC1. The fraction of sp³-hybridized carbons (Fsp3) is 0.818.